The number of carbonyl (C=O) groups excluding carboxylic acids is 2. The average molecular weight is 856 g/mol. The van der Waals surface area contributed by atoms with E-state index >= 15 is 0 Å². The summed E-state index contributed by atoms with van der Waals surface area (Å²) in [4.78, 5) is 30.0. The molecule has 8 rings (SSSR count). The van der Waals surface area contributed by atoms with Crippen molar-refractivity contribution in [1.82, 2.24) is 4.90 Å². The maximum absolute atomic E-state index is 14.0. The molecule has 58 heavy (non-hydrogen) atoms. The van der Waals surface area contributed by atoms with Crippen molar-refractivity contribution in [1.29, 1.82) is 0 Å². The lowest BCUT2D eigenvalue weighted by Crippen LogP contribution is -2.77. The smallest absolute Gasteiger partial charge is 0.341 e. The molecule has 5 aliphatic rings. The van der Waals surface area contributed by atoms with Gasteiger partial charge in [-0.25, -0.2) is 0 Å². The summed E-state index contributed by atoms with van der Waals surface area (Å²) in [5, 5.41) is 17.3. The highest BCUT2D eigenvalue weighted by Crippen LogP contribution is 2.66. The van der Waals surface area contributed by atoms with Crippen LogP contribution in [0.2, 0.25) is 10.0 Å². The maximum Gasteiger partial charge on any atom is 0.341 e. The van der Waals surface area contributed by atoms with Gasteiger partial charge in [-0.15, -0.1) is 0 Å². The molecule has 14 heteroatoms. The Balaban J connectivity index is 1.07. The number of ether oxygens (including phenoxy) is 3. The second kappa shape index (κ2) is 17.1. The molecular weight excluding hydrogens is 802 g/mol. The summed E-state index contributed by atoms with van der Waals surface area (Å²) in [6.07, 6.45) is 5.44. The molecule has 1 saturated heterocycles. The van der Waals surface area contributed by atoms with E-state index in [1.54, 1.807) is 24.3 Å². The minimum Gasteiger partial charge on any atom is -0.481 e. The molecule has 2 aliphatic heterocycles. The van der Waals surface area contributed by atoms with E-state index in [9.17, 15) is 19.3 Å². The minimum atomic E-state index is -3.79. The fourth-order valence-corrected chi connectivity index (χ4v) is 11.6. The molecule has 0 radical (unpaired) electrons. The standard InChI is InChI=1S/C44H53Cl2N2O9P/c1-3-5-22-53-58(52,54-23-6-4-2)27-38(50)55-34-17-16-30-24-36-44(51)19-18-35(42-43(44,39(30)41(34)57-42)20-21-48(36)26-28-14-15-28)56-37(49)25-29-10-7-8-13-33(29)47-40-31(45)11-9-12-32(40)46/h7-13,16-17,28,35-36,42,47,51H,3-6,14-15,18-27H2,1-2H3/t35-,36-,42?,43+,44-/m1/s1. The van der Waals surface area contributed by atoms with Crippen LogP contribution in [0.1, 0.15) is 88.3 Å². The Morgan fingerprint density at radius 3 is 2.38 bits per heavy atom. The van der Waals surface area contributed by atoms with Gasteiger partial charge in [0.25, 0.3) is 0 Å². The number of hydrogen-bond donors (Lipinski definition) is 2. The van der Waals surface area contributed by atoms with Crippen LogP contribution in [0.5, 0.6) is 11.5 Å². The van der Waals surface area contributed by atoms with Crippen molar-refractivity contribution in [2.45, 2.75) is 114 Å². The molecule has 2 heterocycles. The van der Waals surface area contributed by atoms with Crippen LogP contribution >= 0.6 is 30.8 Å². The predicted molar refractivity (Wildman–Crippen MR) is 223 cm³/mol. The zero-order chi connectivity index (χ0) is 40.7. The van der Waals surface area contributed by atoms with Gasteiger partial charge in [-0.3, -0.25) is 19.1 Å². The van der Waals surface area contributed by atoms with Crippen LogP contribution in [0, 0.1) is 5.92 Å². The number of halogens is 2. The van der Waals surface area contributed by atoms with Gasteiger partial charge < -0.3 is 33.7 Å². The summed E-state index contributed by atoms with van der Waals surface area (Å²) < 4.78 is 44.4. The van der Waals surface area contributed by atoms with Crippen molar-refractivity contribution in [3.8, 4) is 11.5 Å². The Morgan fingerprint density at radius 2 is 1.67 bits per heavy atom. The van der Waals surface area contributed by atoms with Gasteiger partial charge in [0, 0.05) is 23.8 Å². The summed E-state index contributed by atoms with van der Waals surface area (Å²) in [5.41, 5.74) is 1.67. The highest BCUT2D eigenvalue weighted by atomic mass is 35.5. The summed E-state index contributed by atoms with van der Waals surface area (Å²) in [6, 6.07) is 16.2. The number of aliphatic hydroxyl groups is 1. The van der Waals surface area contributed by atoms with Crippen molar-refractivity contribution in [3.63, 3.8) is 0 Å². The van der Waals surface area contributed by atoms with E-state index in [0.717, 1.165) is 37.1 Å². The van der Waals surface area contributed by atoms with Crippen molar-refractivity contribution in [2.24, 2.45) is 5.92 Å². The van der Waals surface area contributed by atoms with Gasteiger partial charge in [0.2, 0.25) is 0 Å². The molecule has 0 amide bonds. The molecule has 0 aromatic heterocycles. The molecule has 11 nitrogen and oxygen atoms in total. The van der Waals surface area contributed by atoms with Crippen LogP contribution in [0.3, 0.4) is 0 Å². The quantitative estimate of drug-likeness (QED) is 0.0550. The predicted octanol–water partition coefficient (Wildman–Crippen LogP) is 9.19. The third-order valence-electron chi connectivity index (χ3n) is 12.7. The number of rotatable bonds is 18. The highest BCUT2D eigenvalue weighted by molar-refractivity contribution is 7.54. The molecule has 3 aliphatic carbocycles. The van der Waals surface area contributed by atoms with Gasteiger partial charge in [-0.05, 0) is 99.2 Å². The van der Waals surface area contributed by atoms with Gasteiger partial charge in [0.05, 0.1) is 46.4 Å². The van der Waals surface area contributed by atoms with Crippen LogP contribution < -0.4 is 14.8 Å². The Hall–Kier alpha value is -3.15. The molecule has 1 spiro atoms. The fraction of sp³-hybridized carbons (Fsp3) is 0.545. The maximum atomic E-state index is 14.0. The number of nitrogens with zero attached hydrogens (tertiary/aromatic N) is 1. The molecule has 2 saturated carbocycles. The molecule has 5 atom stereocenters. The van der Waals surface area contributed by atoms with Crippen LogP contribution in [-0.2, 0) is 46.2 Å². The third kappa shape index (κ3) is 7.93. The Kier molecular flexibility index (Phi) is 12.2. The van der Waals surface area contributed by atoms with Crippen molar-refractivity contribution >= 4 is 54.1 Å². The minimum absolute atomic E-state index is 0.0364. The molecule has 3 aromatic rings. The third-order valence-corrected chi connectivity index (χ3v) is 15.1. The molecule has 2 bridgehead atoms. The van der Waals surface area contributed by atoms with Gasteiger partial charge in [0.15, 0.2) is 11.5 Å². The molecular formula is C44H53Cl2N2O9P. The number of unbranched alkanes of at least 4 members (excludes halogenated alkanes) is 2. The zero-order valence-corrected chi connectivity index (χ0v) is 35.6. The first-order chi connectivity index (χ1) is 28.0. The number of nitrogens with one attached hydrogen (secondary N) is 1. The average Bonchev–Trinajstić information content (AvgIpc) is 3.93. The van der Waals surface area contributed by atoms with E-state index in [2.05, 4.69) is 10.2 Å². The molecule has 3 aromatic carbocycles. The van der Waals surface area contributed by atoms with Crippen LogP contribution in [0.25, 0.3) is 0 Å². The lowest BCUT2D eigenvalue weighted by molar-refractivity contribution is -0.216. The van der Waals surface area contributed by atoms with Crippen LogP contribution in [0.15, 0.2) is 54.6 Å². The normalized spacial score (nSPS) is 25.8. The molecule has 2 N–H and O–H groups in total. The summed E-state index contributed by atoms with van der Waals surface area (Å²) >= 11 is 12.9. The van der Waals surface area contributed by atoms with Crippen molar-refractivity contribution in [2.75, 3.05) is 37.8 Å². The molecule has 3 fully saturated rings. The number of anilines is 2. The molecule has 1 unspecified atom stereocenters. The van der Waals surface area contributed by atoms with Crippen LogP contribution in [-0.4, -0.2) is 78.3 Å². The lowest BCUT2D eigenvalue weighted by atomic mass is 9.48. The Morgan fingerprint density at radius 1 is 0.948 bits per heavy atom. The Bertz CT molecular complexity index is 2050. The topological polar surface area (TPSA) is 133 Å². The van der Waals surface area contributed by atoms with Gasteiger partial charge in [0.1, 0.15) is 18.4 Å². The van der Waals surface area contributed by atoms with E-state index in [-0.39, 0.29) is 31.4 Å². The van der Waals surface area contributed by atoms with E-state index in [4.69, 9.17) is 46.5 Å². The number of benzene rings is 3. The van der Waals surface area contributed by atoms with Crippen molar-refractivity contribution in [3.05, 3.63) is 81.3 Å². The Labute approximate surface area is 350 Å². The second-order valence-electron chi connectivity index (χ2n) is 16.5. The number of hydrogen-bond acceptors (Lipinski definition) is 11. The van der Waals surface area contributed by atoms with E-state index in [1.807, 2.05) is 44.2 Å². The number of likely N-dealkylation sites (tertiary alicyclic amines) is 1. The van der Waals surface area contributed by atoms with E-state index < -0.39 is 48.9 Å². The summed E-state index contributed by atoms with van der Waals surface area (Å²) in [6.45, 7) is 6.11. The largest absolute Gasteiger partial charge is 0.481 e. The lowest BCUT2D eigenvalue weighted by Gasteiger charge is -2.64. The van der Waals surface area contributed by atoms with Crippen LogP contribution in [0.4, 0.5) is 11.4 Å². The van der Waals surface area contributed by atoms with Gasteiger partial charge >= 0.3 is 19.5 Å². The first-order valence-corrected chi connectivity index (χ1v) is 23.3. The second-order valence-corrected chi connectivity index (χ2v) is 19.4. The summed E-state index contributed by atoms with van der Waals surface area (Å²) in [5.74, 6) is -0.0291. The zero-order valence-electron chi connectivity index (χ0n) is 33.2. The number of esters is 2. The number of para-hydroxylation sites is 2. The van der Waals surface area contributed by atoms with E-state index in [1.165, 1.54) is 12.8 Å². The van der Waals surface area contributed by atoms with Gasteiger partial charge in [-0.1, -0.05) is 80.2 Å². The first kappa shape index (κ1) is 41.6. The molecule has 312 valence electrons. The van der Waals surface area contributed by atoms with Crippen molar-refractivity contribution < 1.29 is 42.5 Å². The fourth-order valence-electron chi connectivity index (χ4n) is 9.68. The highest BCUT2D eigenvalue weighted by Gasteiger charge is 2.73. The number of piperidine rings is 1. The van der Waals surface area contributed by atoms with E-state index in [0.29, 0.717) is 77.2 Å². The first-order valence-electron chi connectivity index (χ1n) is 20.8. The number of carbonyl (C=O) groups is 2. The van der Waals surface area contributed by atoms with Gasteiger partial charge in [-0.2, -0.15) is 0 Å². The SMILES string of the molecule is CCCCOP(=O)(CC(=O)Oc1ccc2c3c1OC1[C@H](OC(=O)Cc4ccccc4Nc4c(Cl)cccc4Cl)CC[C@@]4(O)[C@@H](C2)N(CC2CC2)CC[C@]314)OCCCC. The monoisotopic (exact) mass is 854 g/mol. The summed E-state index contributed by atoms with van der Waals surface area (Å²) in [7, 11) is -3.79.